The van der Waals surface area contributed by atoms with Crippen LogP contribution in [-0.4, -0.2) is 106 Å². The molecule has 1 aromatic heterocycles. The number of ether oxygens (including phenoxy) is 1. The number of benzene rings is 3. The second-order valence-electron chi connectivity index (χ2n) is 20.0. The SMILES string of the molecule is O=C1CC[C@H](N2Cc3c(ccc4c3OCC43CCN(CC4CCN(C5CCN(c6ccc7c(c6)C6(CCCCC6)c6nc(=O)c8c(Cl)cccc8n6-7)CC5)CC4)CC3)C2=O)C(=O)N1. The van der Waals surface area contributed by atoms with Crippen LogP contribution in [0.25, 0.3) is 16.6 Å². The molecule has 0 unspecified atom stereocenters. The lowest BCUT2D eigenvalue weighted by Crippen LogP contribution is -2.52. The molecule has 4 saturated heterocycles. The van der Waals surface area contributed by atoms with Crippen LogP contribution >= 0.6 is 11.6 Å². The summed E-state index contributed by atoms with van der Waals surface area (Å²) >= 11 is 6.59. The van der Waals surface area contributed by atoms with Gasteiger partial charge in [0.05, 0.1) is 40.2 Å². The van der Waals surface area contributed by atoms with Gasteiger partial charge >= 0.3 is 0 Å². The van der Waals surface area contributed by atoms with Gasteiger partial charge in [-0.2, -0.15) is 4.98 Å². The van der Waals surface area contributed by atoms with Crippen molar-refractivity contribution in [2.24, 2.45) is 5.92 Å². The second kappa shape index (κ2) is 15.2. The van der Waals surface area contributed by atoms with E-state index in [1.165, 1.54) is 62.0 Å². The molecular formula is C50H56ClN7O5. The number of hydrogen-bond acceptors (Lipinski definition) is 9. The topological polar surface area (TPSA) is 120 Å². The Balaban J connectivity index is 0.654. The molecule has 1 atom stereocenters. The molecule has 3 aromatic carbocycles. The summed E-state index contributed by atoms with van der Waals surface area (Å²) in [4.78, 5) is 65.7. The summed E-state index contributed by atoms with van der Waals surface area (Å²) in [6.45, 7) is 8.72. The van der Waals surface area contributed by atoms with Crippen molar-refractivity contribution < 1.29 is 19.1 Å². The molecule has 4 aromatic rings. The average molecular weight is 870 g/mol. The molecule has 12 rings (SSSR count). The number of halogens is 1. The fourth-order valence-corrected chi connectivity index (χ4v) is 13.5. The highest BCUT2D eigenvalue weighted by Gasteiger charge is 2.49. The first kappa shape index (κ1) is 39.8. The van der Waals surface area contributed by atoms with E-state index in [4.69, 9.17) is 21.3 Å². The number of fused-ring (bicyclic) bond motifs is 11. The van der Waals surface area contributed by atoms with Crippen molar-refractivity contribution in [2.45, 2.75) is 113 Å². The van der Waals surface area contributed by atoms with Crippen LogP contribution in [0.15, 0.2) is 53.3 Å². The van der Waals surface area contributed by atoms with Crippen LogP contribution in [0.5, 0.6) is 5.75 Å². The molecule has 328 valence electrons. The Bertz CT molecular complexity index is 2620. The number of amides is 3. The van der Waals surface area contributed by atoms with Crippen LogP contribution in [0, 0.1) is 5.92 Å². The van der Waals surface area contributed by atoms with Gasteiger partial charge in [0, 0.05) is 59.9 Å². The molecule has 63 heavy (non-hydrogen) atoms. The number of likely N-dealkylation sites (tertiary alicyclic amines) is 2. The summed E-state index contributed by atoms with van der Waals surface area (Å²) in [6, 6.07) is 16.8. The fourth-order valence-electron chi connectivity index (χ4n) is 13.3. The Kier molecular flexibility index (Phi) is 9.57. The Morgan fingerprint density at radius 3 is 2.40 bits per heavy atom. The quantitative estimate of drug-likeness (QED) is 0.225. The molecule has 7 aliphatic heterocycles. The van der Waals surface area contributed by atoms with Crippen molar-refractivity contribution in [3.63, 3.8) is 0 Å². The number of carbonyl (C=O) groups is 3. The van der Waals surface area contributed by atoms with E-state index in [-0.39, 0.29) is 40.5 Å². The summed E-state index contributed by atoms with van der Waals surface area (Å²) < 4.78 is 8.69. The number of anilines is 1. The minimum atomic E-state index is -0.621. The van der Waals surface area contributed by atoms with Gasteiger partial charge in [0.2, 0.25) is 11.8 Å². The van der Waals surface area contributed by atoms with E-state index in [1.807, 2.05) is 18.2 Å². The van der Waals surface area contributed by atoms with Gasteiger partial charge < -0.3 is 24.3 Å². The maximum absolute atomic E-state index is 13.4. The van der Waals surface area contributed by atoms with Crippen molar-refractivity contribution >= 4 is 45.9 Å². The van der Waals surface area contributed by atoms with Gasteiger partial charge in [-0.3, -0.25) is 29.1 Å². The minimum Gasteiger partial charge on any atom is -0.492 e. The first-order valence-corrected chi connectivity index (χ1v) is 24.1. The second-order valence-corrected chi connectivity index (χ2v) is 20.4. The number of nitrogens with zero attached hydrogens (tertiary/aromatic N) is 6. The summed E-state index contributed by atoms with van der Waals surface area (Å²) in [5.74, 6) is 1.67. The van der Waals surface area contributed by atoms with E-state index in [9.17, 15) is 19.2 Å². The molecule has 0 bridgehead atoms. The molecule has 13 heteroatoms. The number of rotatable bonds is 5. The molecule has 8 aliphatic rings. The Labute approximate surface area is 372 Å². The van der Waals surface area contributed by atoms with E-state index in [2.05, 4.69) is 48.8 Å². The lowest BCUT2D eigenvalue weighted by molar-refractivity contribution is -0.136. The van der Waals surface area contributed by atoms with Crippen molar-refractivity contribution in [3.8, 4) is 11.4 Å². The Morgan fingerprint density at radius 1 is 0.825 bits per heavy atom. The van der Waals surface area contributed by atoms with Gasteiger partial charge in [0.1, 0.15) is 17.6 Å². The molecule has 12 nitrogen and oxygen atoms in total. The van der Waals surface area contributed by atoms with Crippen molar-refractivity contribution in [3.05, 3.63) is 92.0 Å². The Hall–Kier alpha value is -4.78. The molecule has 1 saturated carbocycles. The predicted octanol–water partition coefficient (Wildman–Crippen LogP) is 6.47. The molecule has 5 fully saturated rings. The van der Waals surface area contributed by atoms with Crippen LogP contribution in [-0.2, 0) is 27.0 Å². The normalized spacial score (nSPS) is 24.8. The van der Waals surface area contributed by atoms with E-state index in [0.29, 0.717) is 41.6 Å². The van der Waals surface area contributed by atoms with Crippen LogP contribution < -0.4 is 20.5 Å². The van der Waals surface area contributed by atoms with Crippen LogP contribution in [0.2, 0.25) is 5.02 Å². The highest BCUT2D eigenvalue weighted by atomic mass is 35.5. The maximum Gasteiger partial charge on any atom is 0.282 e. The number of hydrogen-bond donors (Lipinski definition) is 1. The van der Waals surface area contributed by atoms with Crippen LogP contribution in [0.3, 0.4) is 0 Å². The van der Waals surface area contributed by atoms with Crippen molar-refractivity contribution in [1.29, 1.82) is 0 Å². The molecule has 3 amide bonds. The first-order chi connectivity index (χ1) is 30.7. The van der Waals surface area contributed by atoms with E-state index >= 15 is 0 Å². The highest BCUT2D eigenvalue weighted by molar-refractivity contribution is 6.35. The molecule has 1 aliphatic carbocycles. The predicted molar refractivity (Wildman–Crippen MR) is 241 cm³/mol. The van der Waals surface area contributed by atoms with E-state index < -0.39 is 6.04 Å². The standard InChI is InChI=1S/C50H56ClN7O5/c51-38-5-4-6-40-43(38)46(61)53-48-50(17-2-1-3-18-50)37-27-33(7-10-39(37)58(40)48)56-23-15-32(16-24-56)55-21-13-31(14-22-55)28-54-25-19-49(20-26-54)30-63-44-35-29-57(41-11-12-42(59)52-45(41)60)47(62)34(35)8-9-36(44)49/h4-10,27,31-32,41H,1-3,11-26,28-30H2,(H,52,59,60)/t41-/m0/s1. The summed E-state index contributed by atoms with van der Waals surface area (Å²) in [6.07, 6.45) is 13.1. The van der Waals surface area contributed by atoms with Crippen molar-refractivity contribution in [2.75, 3.05) is 57.3 Å². The number of nitrogens with one attached hydrogen (secondary N) is 1. The zero-order chi connectivity index (χ0) is 42.6. The van der Waals surface area contributed by atoms with E-state index in [1.54, 1.807) is 11.0 Å². The molecule has 0 radical (unpaired) electrons. The van der Waals surface area contributed by atoms with Gasteiger partial charge in [-0.1, -0.05) is 43.0 Å². The number of aromatic nitrogens is 2. The average Bonchev–Trinajstić information content (AvgIpc) is 3.92. The third kappa shape index (κ3) is 6.32. The smallest absolute Gasteiger partial charge is 0.282 e. The number of piperidine rings is 4. The largest absolute Gasteiger partial charge is 0.492 e. The van der Waals surface area contributed by atoms with Gasteiger partial charge in [-0.05, 0) is 132 Å². The Morgan fingerprint density at radius 2 is 1.62 bits per heavy atom. The third-order valence-corrected chi connectivity index (χ3v) is 17.1. The van der Waals surface area contributed by atoms with Crippen LogP contribution in [0.1, 0.15) is 116 Å². The van der Waals surface area contributed by atoms with Gasteiger partial charge in [0.25, 0.3) is 11.5 Å². The molecule has 2 spiro atoms. The van der Waals surface area contributed by atoms with Crippen molar-refractivity contribution in [1.82, 2.24) is 29.6 Å². The first-order valence-electron chi connectivity index (χ1n) is 23.7. The van der Waals surface area contributed by atoms with Gasteiger partial charge in [0.15, 0.2) is 0 Å². The number of imide groups is 1. The van der Waals surface area contributed by atoms with Gasteiger partial charge in [-0.25, -0.2) is 0 Å². The summed E-state index contributed by atoms with van der Waals surface area (Å²) in [7, 11) is 0. The fraction of sp³-hybridized carbons (Fsp3) is 0.540. The van der Waals surface area contributed by atoms with Gasteiger partial charge in [-0.15, -0.1) is 0 Å². The molecule has 8 heterocycles. The zero-order valence-electron chi connectivity index (χ0n) is 36.0. The maximum atomic E-state index is 13.4. The summed E-state index contributed by atoms with van der Waals surface area (Å²) in [5, 5.41) is 3.38. The monoisotopic (exact) mass is 869 g/mol. The zero-order valence-corrected chi connectivity index (χ0v) is 36.8. The van der Waals surface area contributed by atoms with E-state index in [0.717, 1.165) is 106 Å². The van der Waals surface area contributed by atoms with Crippen LogP contribution in [0.4, 0.5) is 5.69 Å². The molecular weight excluding hydrogens is 814 g/mol. The third-order valence-electron chi connectivity index (χ3n) is 16.8. The lowest BCUT2D eigenvalue weighted by atomic mass is 9.69. The lowest BCUT2D eigenvalue weighted by Gasteiger charge is -2.44. The highest BCUT2D eigenvalue weighted by Crippen LogP contribution is 2.53. The summed E-state index contributed by atoms with van der Waals surface area (Å²) in [5.41, 5.74) is 6.90. The minimum absolute atomic E-state index is 0.0339. The molecule has 1 N–H and O–H groups in total. The number of carbonyl (C=O) groups excluding carboxylic acids is 3.